The van der Waals surface area contributed by atoms with Crippen molar-refractivity contribution in [3.05, 3.63) is 21.5 Å². The summed E-state index contributed by atoms with van der Waals surface area (Å²) in [4.78, 5) is 11.7. The molecule has 2 heterocycles. The fourth-order valence-electron chi connectivity index (χ4n) is 1.19. The predicted molar refractivity (Wildman–Crippen MR) is 61.0 cm³/mol. The van der Waals surface area contributed by atoms with Crippen LogP contribution in [0.15, 0.2) is 15.9 Å². The van der Waals surface area contributed by atoms with Gasteiger partial charge in [-0.2, -0.15) is 5.10 Å². The maximum atomic E-state index is 10.9. The number of nitrogens with one attached hydrogen (secondary N) is 1. The van der Waals surface area contributed by atoms with Crippen LogP contribution < -0.4 is 5.73 Å². The molecule has 2 aromatic rings. The number of halogens is 1. The van der Waals surface area contributed by atoms with Crippen molar-refractivity contribution in [3.63, 3.8) is 0 Å². The third-order valence-electron chi connectivity index (χ3n) is 1.82. The lowest BCUT2D eigenvalue weighted by Gasteiger charge is -1.94. The molecule has 0 aromatic carbocycles. The minimum Gasteiger partial charge on any atom is -0.477 e. The molecule has 0 aliphatic carbocycles. The first-order valence-electron chi connectivity index (χ1n) is 3.91. The van der Waals surface area contributed by atoms with E-state index in [0.29, 0.717) is 5.69 Å². The number of hydrogen-bond donors (Lipinski definition) is 3. The average molecular weight is 288 g/mol. The van der Waals surface area contributed by atoms with Crippen molar-refractivity contribution in [3.8, 4) is 10.6 Å². The highest BCUT2D eigenvalue weighted by Gasteiger charge is 2.19. The normalized spacial score (nSPS) is 10.5. The fraction of sp³-hybridized carbons (Fsp3) is 0. The summed E-state index contributed by atoms with van der Waals surface area (Å²) in [6.45, 7) is 0. The number of hydrogen-bond acceptors (Lipinski definition) is 4. The minimum absolute atomic E-state index is 0.00187. The van der Waals surface area contributed by atoms with Crippen LogP contribution in [0.25, 0.3) is 10.6 Å². The zero-order valence-corrected chi connectivity index (χ0v) is 9.72. The zero-order valence-electron chi connectivity index (χ0n) is 7.32. The van der Waals surface area contributed by atoms with E-state index in [-0.39, 0.29) is 11.4 Å². The van der Waals surface area contributed by atoms with Gasteiger partial charge in [0.05, 0.1) is 10.6 Å². The van der Waals surface area contributed by atoms with E-state index < -0.39 is 5.97 Å². The van der Waals surface area contributed by atoms with Gasteiger partial charge in [-0.15, -0.1) is 11.3 Å². The summed E-state index contributed by atoms with van der Waals surface area (Å²) in [5.41, 5.74) is 5.91. The van der Waals surface area contributed by atoms with Crippen LogP contribution in [0.5, 0.6) is 0 Å². The van der Waals surface area contributed by atoms with Crippen molar-refractivity contribution in [1.29, 1.82) is 0 Å². The fourth-order valence-corrected chi connectivity index (χ4v) is 2.62. The monoisotopic (exact) mass is 287 g/mol. The lowest BCUT2D eigenvalue weighted by atomic mass is 10.2. The Morgan fingerprint density at radius 3 is 2.93 bits per heavy atom. The molecule has 78 valence electrons. The van der Waals surface area contributed by atoms with E-state index in [1.807, 2.05) is 11.4 Å². The second kappa shape index (κ2) is 3.67. The number of aromatic carboxylic acids is 1. The first-order chi connectivity index (χ1) is 7.09. The number of aromatic amines is 1. The first kappa shape index (κ1) is 10.2. The molecular weight excluding hydrogens is 282 g/mol. The van der Waals surface area contributed by atoms with Crippen molar-refractivity contribution in [2.24, 2.45) is 0 Å². The van der Waals surface area contributed by atoms with Gasteiger partial charge < -0.3 is 10.8 Å². The number of aromatic nitrogens is 2. The maximum absolute atomic E-state index is 10.9. The molecule has 2 rings (SSSR count). The molecule has 4 N–H and O–H groups in total. The van der Waals surface area contributed by atoms with Crippen LogP contribution in [0.1, 0.15) is 10.4 Å². The Balaban J connectivity index is 2.58. The van der Waals surface area contributed by atoms with Crippen LogP contribution in [-0.2, 0) is 0 Å². The lowest BCUT2D eigenvalue weighted by Crippen LogP contribution is -2.01. The summed E-state index contributed by atoms with van der Waals surface area (Å²) in [5.74, 6) is -1.08. The van der Waals surface area contributed by atoms with Gasteiger partial charge in [0.25, 0.3) is 0 Å². The predicted octanol–water partition coefficient (Wildman–Crippen LogP) is 2.18. The Bertz CT molecular complexity index is 520. The highest BCUT2D eigenvalue weighted by molar-refractivity contribution is 9.10. The minimum atomic E-state index is -1.08. The van der Waals surface area contributed by atoms with E-state index in [9.17, 15) is 4.79 Å². The number of nitrogens with zero attached hydrogens (tertiary/aromatic N) is 1. The lowest BCUT2D eigenvalue weighted by molar-refractivity contribution is 0.0699. The van der Waals surface area contributed by atoms with Gasteiger partial charge in [-0.1, -0.05) is 0 Å². The number of H-pyrrole nitrogens is 1. The largest absolute Gasteiger partial charge is 0.477 e. The van der Waals surface area contributed by atoms with E-state index in [1.165, 1.54) is 11.3 Å². The first-order valence-corrected chi connectivity index (χ1v) is 5.58. The van der Waals surface area contributed by atoms with Crippen LogP contribution >= 0.6 is 27.3 Å². The topological polar surface area (TPSA) is 92.0 Å². The highest BCUT2D eigenvalue weighted by Crippen LogP contribution is 2.32. The molecule has 0 unspecified atom stereocenters. The van der Waals surface area contributed by atoms with E-state index in [2.05, 4.69) is 26.1 Å². The average Bonchev–Trinajstić information content (AvgIpc) is 2.71. The SMILES string of the molecule is Nc1n[nH]c(-c2cc(Br)cs2)c1C(=O)O. The van der Waals surface area contributed by atoms with Gasteiger partial charge in [0.2, 0.25) is 0 Å². The van der Waals surface area contributed by atoms with Crippen molar-refractivity contribution in [2.75, 3.05) is 5.73 Å². The van der Waals surface area contributed by atoms with Crippen molar-refractivity contribution < 1.29 is 9.90 Å². The van der Waals surface area contributed by atoms with Gasteiger partial charge in [0.15, 0.2) is 5.82 Å². The number of anilines is 1. The molecule has 0 fully saturated rings. The maximum Gasteiger partial charge on any atom is 0.341 e. The Morgan fingerprint density at radius 2 is 2.40 bits per heavy atom. The number of carboxylic acid groups (broad SMARTS) is 1. The molecule has 0 atom stereocenters. The van der Waals surface area contributed by atoms with E-state index >= 15 is 0 Å². The summed E-state index contributed by atoms with van der Waals surface area (Å²) in [7, 11) is 0. The Hall–Kier alpha value is -1.34. The molecule has 0 aliphatic rings. The molecule has 0 bridgehead atoms. The van der Waals surface area contributed by atoms with Gasteiger partial charge >= 0.3 is 5.97 Å². The number of nitrogens with two attached hydrogens (primary N) is 1. The molecule has 0 amide bonds. The van der Waals surface area contributed by atoms with E-state index in [1.54, 1.807) is 0 Å². The molecular formula is C8H6BrN3O2S. The van der Waals surface area contributed by atoms with Crippen LogP contribution in [0, 0.1) is 0 Å². The summed E-state index contributed by atoms with van der Waals surface area (Å²) >= 11 is 4.71. The smallest absolute Gasteiger partial charge is 0.341 e. The molecule has 5 nitrogen and oxygen atoms in total. The van der Waals surface area contributed by atoms with Crippen LogP contribution in [-0.4, -0.2) is 21.3 Å². The number of rotatable bonds is 2. The van der Waals surface area contributed by atoms with Gasteiger partial charge in [0, 0.05) is 9.85 Å². The molecule has 0 saturated heterocycles. The summed E-state index contributed by atoms with van der Waals surface area (Å²) in [5, 5.41) is 17.1. The van der Waals surface area contributed by atoms with Crippen LogP contribution in [0.4, 0.5) is 5.82 Å². The molecule has 0 radical (unpaired) electrons. The number of nitrogen functional groups attached to an aromatic ring is 1. The zero-order chi connectivity index (χ0) is 11.0. The molecule has 0 aliphatic heterocycles. The number of carbonyl (C=O) groups is 1. The number of thiophene rings is 1. The van der Waals surface area contributed by atoms with Gasteiger partial charge in [-0.3, -0.25) is 5.10 Å². The standard InChI is InChI=1S/C8H6BrN3O2S/c9-3-1-4(15-2-3)6-5(8(13)14)7(10)12-11-6/h1-2H,(H,13,14)(H3,10,11,12). The molecule has 0 spiro atoms. The van der Waals surface area contributed by atoms with Crippen molar-refractivity contribution in [2.45, 2.75) is 0 Å². The van der Waals surface area contributed by atoms with Crippen LogP contribution in [0.2, 0.25) is 0 Å². The Labute approximate surface area is 97.1 Å². The Morgan fingerprint density at radius 1 is 1.67 bits per heavy atom. The Kier molecular flexibility index (Phi) is 2.49. The summed E-state index contributed by atoms with van der Waals surface area (Å²) in [6.07, 6.45) is 0. The summed E-state index contributed by atoms with van der Waals surface area (Å²) in [6, 6.07) is 1.81. The highest BCUT2D eigenvalue weighted by atomic mass is 79.9. The van der Waals surface area contributed by atoms with E-state index in [4.69, 9.17) is 10.8 Å². The number of carboxylic acids is 1. The van der Waals surface area contributed by atoms with Gasteiger partial charge in [-0.05, 0) is 22.0 Å². The third kappa shape index (κ3) is 1.75. The second-order valence-electron chi connectivity index (χ2n) is 2.79. The third-order valence-corrected chi connectivity index (χ3v) is 3.53. The molecule has 2 aromatic heterocycles. The molecule has 0 saturated carbocycles. The molecule has 15 heavy (non-hydrogen) atoms. The van der Waals surface area contributed by atoms with Crippen LogP contribution in [0.3, 0.4) is 0 Å². The summed E-state index contributed by atoms with van der Waals surface area (Å²) < 4.78 is 0.895. The van der Waals surface area contributed by atoms with E-state index in [0.717, 1.165) is 9.35 Å². The van der Waals surface area contributed by atoms with Crippen molar-refractivity contribution >= 4 is 39.1 Å². The van der Waals surface area contributed by atoms with Crippen molar-refractivity contribution in [1.82, 2.24) is 10.2 Å². The van der Waals surface area contributed by atoms with Gasteiger partial charge in [-0.25, -0.2) is 4.79 Å². The quantitative estimate of drug-likeness (QED) is 0.789. The second-order valence-corrected chi connectivity index (χ2v) is 4.62. The van der Waals surface area contributed by atoms with Gasteiger partial charge in [0.1, 0.15) is 5.56 Å². The molecule has 7 heteroatoms.